The molecule has 1 spiro atoms. The van der Waals surface area contributed by atoms with E-state index in [2.05, 4.69) is 44.1 Å². The van der Waals surface area contributed by atoms with Crippen molar-refractivity contribution in [1.82, 2.24) is 19.8 Å². The maximum absolute atomic E-state index is 13.6. The summed E-state index contributed by atoms with van der Waals surface area (Å²) in [5.74, 6) is 0.820. The fraction of sp³-hybridized carbons (Fsp3) is 0.480. The van der Waals surface area contributed by atoms with Gasteiger partial charge in [-0.2, -0.15) is 0 Å². The summed E-state index contributed by atoms with van der Waals surface area (Å²) in [5, 5.41) is 0. The molecule has 8 heteroatoms. The van der Waals surface area contributed by atoms with Crippen LogP contribution in [0.3, 0.4) is 0 Å². The molecule has 0 radical (unpaired) electrons. The molecule has 8 nitrogen and oxygen atoms in total. The van der Waals surface area contributed by atoms with E-state index in [0.29, 0.717) is 52.4 Å². The number of aromatic nitrogens is 2. The molecule has 3 aliphatic rings. The summed E-state index contributed by atoms with van der Waals surface area (Å²) in [4.78, 5) is 29.1. The summed E-state index contributed by atoms with van der Waals surface area (Å²) < 4.78 is 11.6. The highest BCUT2D eigenvalue weighted by atomic mass is 16.5. The molecule has 2 aromatic rings. The average molecular weight is 450 g/mol. The molecule has 1 amide bonds. The van der Waals surface area contributed by atoms with E-state index >= 15 is 0 Å². The van der Waals surface area contributed by atoms with Crippen LogP contribution in [0.5, 0.6) is 0 Å². The Bertz CT molecular complexity index is 962. The number of morpholine rings is 2. The van der Waals surface area contributed by atoms with Crippen molar-refractivity contribution in [3.8, 4) is 0 Å². The third-order valence-corrected chi connectivity index (χ3v) is 6.49. The van der Waals surface area contributed by atoms with Crippen LogP contribution in [0.15, 0.2) is 54.9 Å². The zero-order valence-corrected chi connectivity index (χ0v) is 18.9. The number of rotatable bonds is 5. The van der Waals surface area contributed by atoms with Crippen LogP contribution in [-0.4, -0.2) is 83.8 Å². The summed E-state index contributed by atoms with van der Waals surface area (Å²) in [6.45, 7) is 6.84. The lowest BCUT2D eigenvalue weighted by Gasteiger charge is -2.42. The van der Waals surface area contributed by atoms with Crippen LogP contribution in [0, 0.1) is 0 Å². The average Bonchev–Trinajstić information content (AvgIpc) is 3.00. The van der Waals surface area contributed by atoms with Gasteiger partial charge < -0.3 is 19.3 Å². The molecular formula is C25H31N5O3. The van der Waals surface area contributed by atoms with Crippen molar-refractivity contribution < 1.29 is 14.3 Å². The highest BCUT2D eigenvalue weighted by Crippen LogP contribution is 2.29. The van der Waals surface area contributed by atoms with Crippen molar-refractivity contribution in [1.29, 1.82) is 0 Å². The molecule has 33 heavy (non-hydrogen) atoms. The quantitative estimate of drug-likeness (QED) is 0.646. The van der Waals surface area contributed by atoms with E-state index in [4.69, 9.17) is 9.47 Å². The summed E-state index contributed by atoms with van der Waals surface area (Å²) in [6.07, 6.45) is 8.57. The van der Waals surface area contributed by atoms with Crippen LogP contribution in [-0.2, 0) is 27.4 Å². The number of nitrogens with zero attached hydrogens (tertiary/aromatic N) is 5. The number of ether oxygens (including phenoxy) is 2. The largest absolute Gasteiger partial charge is 0.378 e. The number of anilines is 1. The van der Waals surface area contributed by atoms with Gasteiger partial charge in [-0.05, 0) is 5.56 Å². The fourth-order valence-corrected chi connectivity index (χ4v) is 4.73. The Labute approximate surface area is 194 Å². The molecule has 3 aliphatic heterocycles. The molecule has 0 aliphatic carbocycles. The first-order chi connectivity index (χ1) is 16.2. The second-order valence-electron chi connectivity index (χ2n) is 8.89. The van der Waals surface area contributed by atoms with Gasteiger partial charge in [0, 0.05) is 70.2 Å². The number of amides is 1. The highest BCUT2D eigenvalue weighted by molar-refractivity contribution is 5.86. The molecule has 1 aromatic heterocycles. The molecule has 0 N–H and O–H groups in total. The van der Waals surface area contributed by atoms with Crippen LogP contribution >= 0.6 is 0 Å². The van der Waals surface area contributed by atoms with Crippen LogP contribution in [0.2, 0.25) is 0 Å². The van der Waals surface area contributed by atoms with Gasteiger partial charge in [-0.3, -0.25) is 9.69 Å². The Balaban J connectivity index is 1.26. The van der Waals surface area contributed by atoms with Gasteiger partial charge in [-0.15, -0.1) is 0 Å². The molecule has 0 bridgehead atoms. The Morgan fingerprint density at radius 1 is 0.909 bits per heavy atom. The van der Waals surface area contributed by atoms with Crippen molar-refractivity contribution in [3.05, 3.63) is 66.0 Å². The monoisotopic (exact) mass is 449 g/mol. The Morgan fingerprint density at radius 2 is 1.70 bits per heavy atom. The minimum atomic E-state index is -0.839. The van der Waals surface area contributed by atoms with E-state index in [0.717, 1.165) is 36.7 Å². The number of benzene rings is 1. The van der Waals surface area contributed by atoms with Gasteiger partial charge in [0.05, 0.1) is 19.8 Å². The normalized spacial score (nSPS) is 24.3. The first-order valence-corrected chi connectivity index (χ1v) is 11.7. The van der Waals surface area contributed by atoms with Crippen molar-refractivity contribution in [2.45, 2.75) is 25.1 Å². The van der Waals surface area contributed by atoms with E-state index < -0.39 is 5.60 Å². The summed E-state index contributed by atoms with van der Waals surface area (Å²) >= 11 is 0. The fourth-order valence-electron chi connectivity index (χ4n) is 4.73. The second-order valence-corrected chi connectivity index (χ2v) is 8.89. The SMILES string of the molecule is O=C1N(Cc2ccccc2)CC=CC[C@@]12CN(Cc1cnc(N3CCOCC3)nc1)CCO2. The number of hydrogen-bond acceptors (Lipinski definition) is 7. The maximum Gasteiger partial charge on any atom is 0.257 e. The highest BCUT2D eigenvalue weighted by Gasteiger charge is 2.45. The van der Waals surface area contributed by atoms with Gasteiger partial charge in [0.25, 0.3) is 5.91 Å². The zero-order valence-electron chi connectivity index (χ0n) is 18.9. The van der Waals surface area contributed by atoms with Crippen LogP contribution < -0.4 is 4.90 Å². The van der Waals surface area contributed by atoms with Gasteiger partial charge >= 0.3 is 0 Å². The van der Waals surface area contributed by atoms with Gasteiger partial charge in [-0.1, -0.05) is 42.5 Å². The van der Waals surface area contributed by atoms with Gasteiger partial charge in [-0.25, -0.2) is 9.97 Å². The summed E-state index contributed by atoms with van der Waals surface area (Å²) in [7, 11) is 0. The van der Waals surface area contributed by atoms with Gasteiger partial charge in [0.1, 0.15) is 0 Å². The third-order valence-electron chi connectivity index (χ3n) is 6.49. The molecule has 4 heterocycles. The summed E-state index contributed by atoms with van der Waals surface area (Å²) in [6, 6.07) is 10.1. The lowest BCUT2D eigenvalue weighted by atomic mass is 9.95. The minimum absolute atomic E-state index is 0.0694. The van der Waals surface area contributed by atoms with Gasteiger partial charge in [0.2, 0.25) is 5.95 Å². The number of hydrogen-bond donors (Lipinski definition) is 0. The molecule has 2 fully saturated rings. The smallest absolute Gasteiger partial charge is 0.257 e. The molecule has 1 aromatic carbocycles. The summed E-state index contributed by atoms with van der Waals surface area (Å²) in [5.41, 5.74) is 1.33. The predicted molar refractivity (Wildman–Crippen MR) is 125 cm³/mol. The molecule has 2 saturated heterocycles. The third kappa shape index (κ3) is 5.08. The Kier molecular flexibility index (Phi) is 6.66. The topological polar surface area (TPSA) is 71.0 Å². The molecule has 174 valence electrons. The van der Waals surface area contributed by atoms with Crippen molar-refractivity contribution in [3.63, 3.8) is 0 Å². The van der Waals surface area contributed by atoms with E-state index in [1.807, 2.05) is 35.5 Å². The van der Waals surface area contributed by atoms with E-state index in [1.165, 1.54) is 0 Å². The van der Waals surface area contributed by atoms with Gasteiger partial charge in [0.15, 0.2) is 5.60 Å². The number of carbonyl (C=O) groups is 1. The standard InChI is InChI=1S/C25H31N5O3/c31-23-25(8-4-5-9-30(23)19-21-6-2-1-3-7-21)20-28(10-15-33-25)18-22-16-26-24(27-17-22)29-11-13-32-14-12-29/h1-7,16-17H,8-15,18-20H2/t25-/m1/s1. The van der Waals surface area contributed by atoms with E-state index in [1.54, 1.807) is 0 Å². The zero-order chi connectivity index (χ0) is 22.5. The molecule has 0 saturated carbocycles. The predicted octanol–water partition coefficient (Wildman–Crippen LogP) is 1.87. The molecular weight excluding hydrogens is 418 g/mol. The molecule has 5 rings (SSSR count). The van der Waals surface area contributed by atoms with Crippen LogP contribution in [0.1, 0.15) is 17.5 Å². The maximum atomic E-state index is 13.6. The van der Waals surface area contributed by atoms with E-state index in [9.17, 15) is 4.79 Å². The lowest BCUT2D eigenvalue weighted by Crippen LogP contribution is -2.59. The van der Waals surface area contributed by atoms with Crippen molar-refractivity contribution in [2.24, 2.45) is 0 Å². The Hall–Kier alpha value is -2.81. The minimum Gasteiger partial charge on any atom is -0.378 e. The van der Waals surface area contributed by atoms with Crippen molar-refractivity contribution >= 4 is 11.9 Å². The van der Waals surface area contributed by atoms with E-state index in [-0.39, 0.29) is 5.91 Å². The lowest BCUT2D eigenvalue weighted by molar-refractivity contribution is -0.170. The van der Waals surface area contributed by atoms with Crippen molar-refractivity contribution in [2.75, 3.05) is 57.4 Å². The molecule has 1 atom stereocenters. The second kappa shape index (κ2) is 9.99. The van der Waals surface area contributed by atoms with Crippen LogP contribution in [0.25, 0.3) is 0 Å². The van der Waals surface area contributed by atoms with Crippen LogP contribution in [0.4, 0.5) is 5.95 Å². The Morgan fingerprint density at radius 3 is 2.48 bits per heavy atom. The number of carbonyl (C=O) groups excluding carboxylic acids is 1. The molecule has 0 unspecified atom stereocenters. The first kappa shape index (κ1) is 22.0. The first-order valence-electron chi connectivity index (χ1n) is 11.7.